The maximum absolute atomic E-state index is 12.3. The standard InChI is InChI=1S/C20H23NO2S/c1-20(2,3)23-19(22)21-12-11-16-13-17(9-10-18(16)21)24-14-15-7-5-4-6-8-15/h4-10,13H,11-12,14H2,1-3H3. The van der Waals surface area contributed by atoms with E-state index in [1.54, 1.807) is 4.90 Å². The van der Waals surface area contributed by atoms with Crippen molar-refractivity contribution in [3.63, 3.8) is 0 Å². The molecule has 0 saturated heterocycles. The molecule has 0 unspecified atom stereocenters. The van der Waals surface area contributed by atoms with Crippen molar-refractivity contribution >= 4 is 23.5 Å². The zero-order valence-electron chi connectivity index (χ0n) is 14.4. The monoisotopic (exact) mass is 341 g/mol. The molecule has 0 spiro atoms. The number of carbonyl (C=O) groups excluding carboxylic acids is 1. The Bertz CT molecular complexity index is 722. The molecular formula is C20H23NO2S. The maximum Gasteiger partial charge on any atom is 0.414 e. The third-order valence-electron chi connectivity index (χ3n) is 3.81. The van der Waals surface area contributed by atoms with Crippen molar-refractivity contribution in [2.24, 2.45) is 0 Å². The lowest BCUT2D eigenvalue weighted by atomic mass is 10.2. The van der Waals surface area contributed by atoms with Crippen LogP contribution < -0.4 is 4.90 Å². The van der Waals surface area contributed by atoms with Gasteiger partial charge in [-0.3, -0.25) is 4.90 Å². The normalized spacial score (nSPS) is 13.7. The van der Waals surface area contributed by atoms with Crippen LogP contribution in [0.4, 0.5) is 10.5 Å². The van der Waals surface area contributed by atoms with E-state index in [1.807, 2.05) is 44.7 Å². The molecule has 1 amide bonds. The highest BCUT2D eigenvalue weighted by molar-refractivity contribution is 7.98. The summed E-state index contributed by atoms with van der Waals surface area (Å²) in [7, 11) is 0. The molecular weight excluding hydrogens is 318 g/mol. The lowest BCUT2D eigenvalue weighted by molar-refractivity contribution is 0.0584. The minimum Gasteiger partial charge on any atom is -0.443 e. The van der Waals surface area contributed by atoms with Gasteiger partial charge in [-0.25, -0.2) is 4.79 Å². The van der Waals surface area contributed by atoms with Gasteiger partial charge in [0.25, 0.3) is 0 Å². The van der Waals surface area contributed by atoms with Crippen LogP contribution in [-0.2, 0) is 16.9 Å². The van der Waals surface area contributed by atoms with E-state index in [9.17, 15) is 4.79 Å². The molecule has 0 saturated carbocycles. The minimum atomic E-state index is -0.467. The van der Waals surface area contributed by atoms with E-state index in [-0.39, 0.29) is 6.09 Å². The molecule has 0 N–H and O–H groups in total. The molecule has 4 heteroatoms. The fraction of sp³-hybridized carbons (Fsp3) is 0.350. The van der Waals surface area contributed by atoms with Crippen LogP contribution in [0, 0.1) is 0 Å². The summed E-state index contributed by atoms with van der Waals surface area (Å²) in [5, 5.41) is 0. The topological polar surface area (TPSA) is 29.5 Å². The highest BCUT2D eigenvalue weighted by atomic mass is 32.2. The van der Waals surface area contributed by atoms with E-state index in [4.69, 9.17) is 4.74 Å². The summed E-state index contributed by atoms with van der Waals surface area (Å²) in [5.74, 6) is 0.954. The highest BCUT2D eigenvalue weighted by Gasteiger charge is 2.28. The van der Waals surface area contributed by atoms with Gasteiger partial charge in [-0.1, -0.05) is 30.3 Å². The van der Waals surface area contributed by atoms with Gasteiger partial charge in [-0.2, -0.15) is 0 Å². The zero-order valence-corrected chi connectivity index (χ0v) is 15.2. The largest absolute Gasteiger partial charge is 0.443 e. The average molecular weight is 341 g/mol. The van der Waals surface area contributed by atoms with Gasteiger partial charge in [0.15, 0.2) is 0 Å². The van der Waals surface area contributed by atoms with E-state index in [2.05, 4.69) is 36.4 Å². The van der Waals surface area contributed by atoms with Crippen molar-refractivity contribution in [3.8, 4) is 0 Å². The third-order valence-corrected chi connectivity index (χ3v) is 4.87. The van der Waals surface area contributed by atoms with E-state index in [0.29, 0.717) is 6.54 Å². The molecule has 2 aromatic rings. The number of fused-ring (bicyclic) bond motifs is 1. The molecule has 3 rings (SSSR count). The zero-order chi connectivity index (χ0) is 17.2. The second kappa shape index (κ2) is 6.89. The Morgan fingerprint density at radius 1 is 1.17 bits per heavy atom. The molecule has 2 aromatic carbocycles. The molecule has 0 bridgehead atoms. The Hall–Kier alpha value is -1.94. The molecule has 1 heterocycles. The van der Waals surface area contributed by atoms with Crippen molar-refractivity contribution in [1.29, 1.82) is 0 Å². The second-order valence-electron chi connectivity index (χ2n) is 6.95. The van der Waals surface area contributed by atoms with Crippen LogP contribution in [-0.4, -0.2) is 18.2 Å². The second-order valence-corrected chi connectivity index (χ2v) is 8.00. The van der Waals surface area contributed by atoms with E-state index < -0.39 is 5.60 Å². The van der Waals surface area contributed by atoms with Crippen LogP contribution in [0.3, 0.4) is 0 Å². The molecule has 0 radical (unpaired) electrons. The number of thioether (sulfide) groups is 1. The van der Waals surface area contributed by atoms with E-state index in [0.717, 1.165) is 17.9 Å². The van der Waals surface area contributed by atoms with Crippen molar-refractivity contribution in [2.45, 2.75) is 43.4 Å². The first-order chi connectivity index (χ1) is 11.4. The summed E-state index contributed by atoms with van der Waals surface area (Å²) < 4.78 is 5.50. The number of ether oxygens (including phenoxy) is 1. The Labute approximate surface area is 148 Å². The first-order valence-corrected chi connectivity index (χ1v) is 9.21. The third kappa shape index (κ3) is 4.12. The number of hydrogen-bond donors (Lipinski definition) is 0. The van der Waals surface area contributed by atoms with Gasteiger partial charge in [0.2, 0.25) is 0 Å². The van der Waals surface area contributed by atoms with Gasteiger partial charge < -0.3 is 4.74 Å². The van der Waals surface area contributed by atoms with Crippen molar-refractivity contribution < 1.29 is 9.53 Å². The SMILES string of the molecule is CC(C)(C)OC(=O)N1CCc2cc(SCc3ccccc3)ccc21. The van der Waals surface area contributed by atoms with Crippen molar-refractivity contribution in [1.82, 2.24) is 0 Å². The summed E-state index contributed by atoms with van der Waals surface area (Å²) in [6, 6.07) is 16.8. The number of rotatable bonds is 3. The smallest absolute Gasteiger partial charge is 0.414 e. The number of anilines is 1. The lowest BCUT2D eigenvalue weighted by Gasteiger charge is -2.24. The van der Waals surface area contributed by atoms with Gasteiger partial charge in [0, 0.05) is 17.2 Å². The average Bonchev–Trinajstić information content (AvgIpc) is 2.95. The minimum absolute atomic E-state index is 0.258. The molecule has 0 aromatic heterocycles. The van der Waals surface area contributed by atoms with Crippen LogP contribution in [0.1, 0.15) is 31.9 Å². The Kier molecular flexibility index (Phi) is 4.86. The highest BCUT2D eigenvalue weighted by Crippen LogP contribution is 2.33. The maximum atomic E-state index is 12.3. The molecule has 24 heavy (non-hydrogen) atoms. The number of nitrogens with zero attached hydrogens (tertiary/aromatic N) is 1. The van der Waals surface area contributed by atoms with Crippen molar-refractivity contribution in [3.05, 3.63) is 59.7 Å². The summed E-state index contributed by atoms with van der Waals surface area (Å²) in [4.78, 5) is 15.3. The summed E-state index contributed by atoms with van der Waals surface area (Å²) in [6.45, 7) is 6.37. The fourth-order valence-electron chi connectivity index (χ4n) is 2.72. The lowest BCUT2D eigenvalue weighted by Crippen LogP contribution is -2.35. The molecule has 3 nitrogen and oxygen atoms in total. The molecule has 0 aliphatic carbocycles. The van der Waals surface area contributed by atoms with Gasteiger partial charge in [-0.15, -0.1) is 11.8 Å². The van der Waals surface area contributed by atoms with E-state index >= 15 is 0 Å². The number of benzene rings is 2. The first-order valence-electron chi connectivity index (χ1n) is 8.22. The molecule has 0 atom stereocenters. The molecule has 126 valence electrons. The van der Waals surface area contributed by atoms with Crippen LogP contribution in [0.2, 0.25) is 0 Å². The number of carbonyl (C=O) groups is 1. The van der Waals surface area contributed by atoms with Crippen LogP contribution in [0.25, 0.3) is 0 Å². The summed E-state index contributed by atoms with van der Waals surface area (Å²) >= 11 is 1.82. The van der Waals surface area contributed by atoms with E-state index in [1.165, 1.54) is 16.0 Å². The Balaban J connectivity index is 1.68. The van der Waals surface area contributed by atoms with Gasteiger partial charge >= 0.3 is 6.09 Å². The molecule has 1 aliphatic heterocycles. The first kappa shape index (κ1) is 16.9. The van der Waals surface area contributed by atoms with Crippen LogP contribution in [0.5, 0.6) is 0 Å². The molecule has 0 fully saturated rings. The van der Waals surface area contributed by atoms with Crippen LogP contribution >= 0.6 is 11.8 Å². The van der Waals surface area contributed by atoms with Crippen molar-refractivity contribution in [2.75, 3.05) is 11.4 Å². The number of amides is 1. The Morgan fingerprint density at radius 2 is 1.92 bits per heavy atom. The number of hydrogen-bond acceptors (Lipinski definition) is 3. The van der Waals surface area contributed by atoms with Crippen LogP contribution in [0.15, 0.2) is 53.4 Å². The quantitative estimate of drug-likeness (QED) is 0.712. The molecule has 1 aliphatic rings. The summed E-state index contributed by atoms with van der Waals surface area (Å²) in [6.07, 6.45) is 0.625. The van der Waals surface area contributed by atoms with Gasteiger partial charge in [0.05, 0.1) is 5.69 Å². The fourth-order valence-corrected chi connectivity index (χ4v) is 3.63. The van der Waals surface area contributed by atoms with Gasteiger partial charge in [0.1, 0.15) is 5.60 Å². The van der Waals surface area contributed by atoms with Gasteiger partial charge in [-0.05, 0) is 56.5 Å². The Morgan fingerprint density at radius 3 is 2.62 bits per heavy atom. The predicted molar refractivity (Wildman–Crippen MR) is 99.7 cm³/mol. The predicted octanol–water partition coefficient (Wildman–Crippen LogP) is 5.28. The summed E-state index contributed by atoms with van der Waals surface area (Å²) in [5.41, 5.74) is 3.05.